The van der Waals surface area contributed by atoms with Gasteiger partial charge >= 0.3 is 0 Å². The summed E-state index contributed by atoms with van der Waals surface area (Å²) in [6.07, 6.45) is 0. The Kier molecular flexibility index (Phi) is 6.04. The summed E-state index contributed by atoms with van der Waals surface area (Å²) in [5.41, 5.74) is 4.85. The monoisotopic (exact) mass is 364 g/mol. The molecule has 2 aromatic rings. The number of thioether (sulfide) groups is 1. The molecule has 0 aliphatic heterocycles. The second kappa shape index (κ2) is 7.83. The number of carbonyl (C=O) groups is 1. The number of aryl methyl sites for hydroxylation is 3. The first kappa shape index (κ1) is 18.5. The van der Waals surface area contributed by atoms with Crippen molar-refractivity contribution in [2.24, 2.45) is 0 Å². The van der Waals surface area contributed by atoms with Gasteiger partial charge in [0.05, 0.1) is 10.6 Å². The van der Waals surface area contributed by atoms with E-state index in [1.54, 1.807) is 19.1 Å². The molecule has 2 N–H and O–H groups in total. The Morgan fingerprint density at radius 2 is 1.62 bits per heavy atom. The average molecular weight is 364 g/mol. The molecule has 24 heavy (non-hydrogen) atoms. The van der Waals surface area contributed by atoms with Gasteiger partial charge in [-0.15, -0.1) is 16.6 Å². The zero-order valence-electron chi connectivity index (χ0n) is 13.8. The lowest BCUT2D eigenvalue weighted by Gasteiger charge is -2.11. The first-order chi connectivity index (χ1) is 11.3. The van der Waals surface area contributed by atoms with E-state index in [9.17, 15) is 13.2 Å². The predicted molar refractivity (Wildman–Crippen MR) is 96.3 cm³/mol. The van der Waals surface area contributed by atoms with Crippen LogP contribution < -0.4 is 10.3 Å². The van der Waals surface area contributed by atoms with E-state index in [4.69, 9.17) is 0 Å². The molecule has 2 aromatic carbocycles. The van der Waals surface area contributed by atoms with Gasteiger partial charge in [0.1, 0.15) is 0 Å². The Bertz CT molecular complexity index is 831. The summed E-state index contributed by atoms with van der Waals surface area (Å²) in [6.45, 7) is 5.52. The van der Waals surface area contributed by atoms with Crippen LogP contribution in [-0.2, 0) is 14.8 Å². The smallest absolute Gasteiger partial charge is 0.257 e. The SMILES string of the molecule is Cc1ccc(SCC(=O)NNS(=O)(=O)c2cc(C)ccc2C)cc1. The maximum atomic E-state index is 12.3. The third-order valence-electron chi connectivity index (χ3n) is 3.35. The van der Waals surface area contributed by atoms with Crippen LogP contribution in [0.2, 0.25) is 0 Å². The third-order valence-corrected chi connectivity index (χ3v) is 5.75. The number of hydrazine groups is 1. The van der Waals surface area contributed by atoms with Crippen LogP contribution in [0, 0.1) is 20.8 Å². The normalized spacial score (nSPS) is 11.3. The number of amides is 1. The number of nitrogens with one attached hydrogen (secondary N) is 2. The minimum atomic E-state index is -3.79. The van der Waals surface area contributed by atoms with E-state index in [1.165, 1.54) is 11.8 Å². The quantitative estimate of drug-likeness (QED) is 0.610. The number of benzene rings is 2. The van der Waals surface area contributed by atoms with Gasteiger partial charge in [-0.05, 0) is 50.1 Å². The summed E-state index contributed by atoms with van der Waals surface area (Å²) in [5.74, 6) is -0.285. The molecule has 7 heteroatoms. The van der Waals surface area contributed by atoms with Gasteiger partial charge in [0.15, 0.2) is 0 Å². The van der Waals surface area contributed by atoms with E-state index < -0.39 is 15.9 Å². The Balaban J connectivity index is 1.93. The fourth-order valence-electron chi connectivity index (χ4n) is 2.00. The molecule has 0 aromatic heterocycles. The summed E-state index contributed by atoms with van der Waals surface area (Å²) < 4.78 is 24.6. The highest BCUT2D eigenvalue weighted by Gasteiger charge is 2.17. The van der Waals surface area contributed by atoms with Gasteiger partial charge < -0.3 is 0 Å². The number of sulfonamides is 1. The molecule has 0 aliphatic carbocycles. The maximum Gasteiger partial charge on any atom is 0.257 e. The van der Waals surface area contributed by atoms with Crippen LogP contribution in [-0.4, -0.2) is 20.1 Å². The summed E-state index contributed by atoms with van der Waals surface area (Å²) in [7, 11) is -3.79. The molecule has 0 unspecified atom stereocenters. The molecule has 0 aliphatic rings. The van der Waals surface area contributed by atoms with Crippen molar-refractivity contribution < 1.29 is 13.2 Å². The number of hydrogen-bond donors (Lipinski definition) is 2. The third kappa shape index (κ3) is 5.09. The van der Waals surface area contributed by atoms with Gasteiger partial charge in [0.25, 0.3) is 10.0 Å². The highest BCUT2D eigenvalue weighted by Crippen LogP contribution is 2.18. The summed E-state index contributed by atoms with van der Waals surface area (Å²) in [5, 5.41) is 0. The molecule has 0 bridgehead atoms. The molecule has 2 rings (SSSR count). The molecule has 0 heterocycles. The molecule has 0 spiro atoms. The van der Waals surface area contributed by atoms with E-state index in [2.05, 4.69) is 10.3 Å². The highest BCUT2D eigenvalue weighted by molar-refractivity contribution is 8.00. The average Bonchev–Trinajstić information content (AvgIpc) is 2.54. The van der Waals surface area contributed by atoms with Crippen molar-refractivity contribution in [1.82, 2.24) is 10.3 Å². The minimum absolute atomic E-state index is 0.123. The lowest BCUT2D eigenvalue weighted by atomic mass is 10.2. The standard InChI is InChI=1S/C17H20N2O3S2/c1-12-5-8-15(9-6-12)23-11-17(20)18-19-24(21,22)16-10-13(2)4-7-14(16)3/h4-10,19H,11H2,1-3H3,(H,18,20). The largest absolute Gasteiger partial charge is 0.277 e. The fraction of sp³-hybridized carbons (Fsp3) is 0.235. The zero-order valence-corrected chi connectivity index (χ0v) is 15.4. The van der Waals surface area contributed by atoms with E-state index in [1.807, 2.05) is 44.2 Å². The Labute approximate surface area is 146 Å². The molecular formula is C17H20N2O3S2. The molecule has 1 amide bonds. The van der Waals surface area contributed by atoms with Gasteiger partial charge in [-0.1, -0.05) is 29.8 Å². The number of carbonyl (C=O) groups excluding carboxylic acids is 1. The molecule has 0 saturated carbocycles. The van der Waals surface area contributed by atoms with Crippen molar-refractivity contribution in [2.45, 2.75) is 30.6 Å². The lowest BCUT2D eigenvalue weighted by molar-refractivity contribution is -0.119. The maximum absolute atomic E-state index is 12.3. The van der Waals surface area contributed by atoms with Crippen molar-refractivity contribution in [2.75, 3.05) is 5.75 Å². The Morgan fingerprint density at radius 1 is 1.00 bits per heavy atom. The second-order valence-corrected chi connectivity index (χ2v) is 8.22. The predicted octanol–water partition coefficient (Wildman–Crippen LogP) is 2.71. The van der Waals surface area contributed by atoms with E-state index in [0.29, 0.717) is 5.56 Å². The Morgan fingerprint density at radius 3 is 2.29 bits per heavy atom. The van der Waals surface area contributed by atoms with Crippen LogP contribution in [0.3, 0.4) is 0 Å². The molecule has 0 atom stereocenters. The van der Waals surface area contributed by atoms with Crippen LogP contribution in [0.5, 0.6) is 0 Å². The van der Waals surface area contributed by atoms with Gasteiger partial charge in [-0.2, -0.15) is 0 Å². The molecule has 128 valence electrons. The first-order valence-electron chi connectivity index (χ1n) is 7.35. The molecule has 0 saturated heterocycles. The molecular weight excluding hydrogens is 344 g/mol. The van der Waals surface area contributed by atoms with Crippen molar-refractivity contribution in [3.63, 3.8) is 0 Å². The van der Waals surface area contributed by atoms with Crippen LogP contribution in [0.1, 0.15) is 16.7 Å². The van der Waals surface area contributed by atoms with Crippen molar-refractivity contribution >= 4 is 27.7 Å². The van der Waals surface area contributed by atoms with Gasteiger partial charge in [-0.25, -0.2) is 8.42 Å². The van der Waals surface area contributed by atoms with Crippen molar-refractivity contribution in [1.29, 1.82) is 0 Å². The van der Waals surface area contributed by atoms with Crippen molar-refractivity contribution in [3.05, 3.63) is 59.2 Å². The molecule has 5 nitrogen and oxygen atoms in total. The number of hydrogen-bond acceptors (Lipinski definition) is 4. The van der Waals surface area contributed by atoms with E-state index in [-0.39, 0.29) is 10.6 Å². The van der Waals surface area contributed by atoms with Gasteiger partial charge in [0.2, 0.25) is 5.91 Å². The highest BCUT2D eigenvalue weighted by atomic mass is 32.2. The summed E-state index contributed by atoms with van der Waals surface area (Å²) in [6, 6.07) is 12.9. The number of rotatable bonds is 6. The minimum Gasteiger partial charge on any atom is -0.277 e. The second-order valence-electron chi connectivity index (χ2n) is 5.52. The van der Waals surface area contributed by atoms with Crippen LogP contribution >= 0.6 is 11.8 Å². The first-order valence-corrected chi connectivity index (χ1v) is 9.82. The van der Waals surface area contributed by atoms with E-state index in [0.717, 1.165) is 16.0 Å². The molecule has 0 fully saturated rings. The van der Waals surface area contributed by atoms with Crippen LogP contribution in [0.15, 0.2) is 52.3 Å². The Hall–Kier alpha value is -1.83. The summed E-state index contributed by atoms with van der Waals surface area (Å²) >= 11 is 1.34. The van der Waals surface area contributed by atoms with Crippen molar-refractivity contribution in [3.8, 4) is 0 Å². The topological polar surface area (TPSA) is 75.3 Å². The van der Waals surface area contributed by atoms with Crippen LogP contribution in [0.4, 0.5) is 0 Å². The fourth-order valence-corrected chi connectivity index (χ4v) is 3.88. The van der Waals surface area contributed by atoms with E-state index >= 15 is 0 Å². The summed E-state index contributed by atoms with van der Waals surface area (Å²) in [4.78, 5) is 15.1. The lowest BCUT2D eigenvalue weighted by Crippen LogP contribution is -2.42. The molecule has 0 radical (unpaired) electrons. The van der Waals surface area contributed by atoms with Gasteiger partial charge in [-0.3, -0.25) is 10.2 Å². The van der Waals surface area contributed by atoms with Gasteiger partial charge in [0, 0.05) is 4.90 Å². The van der Waals surface area contributed by atoms with Crippen LogP contribution in [0.25, 0.3) is 0 Å². The zero-order chi connectivity index (χ0) is 17.7.